The summed E-state index contributed by atoms with van der Waals surface area (Å²) in [7, 11) is 0. The maximum atomic E-state index is 13.5. The number of benzene rings is 1. The molecule has 0 aromatic heterocycles. The summed E-state index contributed by atoms with van der Waals surface area (Å²) in [6, 6.07) is 6.35. The van der Waals surface area contributed by atoms with Crippen LogP contribution < -0.4 is 10.6 Å². The van der Waals surface area contributed by atoms with E-state index in [9.17, 15) is 4.39 Å². The second kappa shape index (κ2) is 6.26. The van der Waals surface area contributed by atoms with Crippen LogP contribution in [0.25, 0.3) is 0 Å². The Morgan fingerprint density at radius 2 is 1.70 bits per heavy atom. The zero-order valence-electron chi connectivity index (χ0n) is 12.5. The summed E-state index contributed by atoms with van der Waals surface area (Å²) in [6.45, 7) is 9.57. The van der Waals surface area contributed by atoms with Crippen LogP contribution in [0, 0.1) is 5.82 Å². The lowest BCUT2D eigenvalue weighted by Gasteiger charge is -2.24. The van der Waals surface area contributed by atoms with Crippen molar-refractivity contribution in [3.8, 4) is 0 Å². The molecule has 4 nitrogen and oxygen atoms in total. The zero-order valence-corrected chi connectivity index (χ0v) is 13.3. The van der Waals surface area contributed by atoms with E-state index in [2.05, 4.69) is 20.9 Å². The standard InChI is InChI=1S/C14H21FN4S/c1-13(2,3)18-19-14(4,5)17-12(20)16-11-9-7-6-8-10(11)15/h6-9H,1-5H3,(H2,16,17,20)/b19-18+. The molecule has 0 aliphatic heterocycles. The molecule has 0 spiro atoms. The number of rotatable bonds is 3. The topological polar surface area (TPSA) is 48.8 Å². The lowest BCUT2D eigenvalue weighted by Crippen LogP contribution is -2.44. The third-order valence-corrected chi connectivity index (χ3v) is 2.35. The van der Waals surface area contributed by atoms with E-state index in [0.29, 0.717) is 10.8 Å². The number of anilines is 1. The monoisotopic (exact) mass is 296 g/mol. The maximum Gasteiger partial charge on any atom is 0.172 e. The van der Waals surface area contributed by atoms with Crippen LogP contribution in [0.15, 0.2) is 34.5 Å². The molecular weight excluding hydrogens is 275 g/mol. The predicted octanol–water partition coefficient (Wildman–Crippen LogP) is 4.10. The van der Waals surface area contributed by atoms with Crippen LogP contribution >= 0.6 is 12.2 Å². The second-order valence-electron chi connectivity index (χ2n) is 5.99. The van der Waals surface area contributed by atoms with Gasteiger partial charge in [-0.15, -0.1) is 0 Å². The van der Waals surface area contributed by atoms with Gasteiger partial charge in [0, 0.05) is 0 Å². The largest absolute Gasteiger partial charge is 0.337 e. The Balaban J connectivity index is 2.66. The van der Waals surface area contributed by atoms with Crippen molar-refractivity contribution in [3.05, 3.63) is 30.1 Å². The molecule has 0 aliphatic rings. The van der Waals surface area contributed by atoms with Crippen molar-refractivity contribution >= 4 is 23.0 Å². The summed E-state index contributed by atoms with van der Waals surface area (Å²) in [4.78, 5) is 0. The fraction of sp³-hybridized carbons (Fsp3) is 0.500. The molecule has 0 saturated carbocycles. The van der Waals surface area contributed by atoms with Gasteiger partial charge in [0.05, 0.1) is 11.2 Å². The molecule has 1 aromatic rings. The first-order valence-corrected chi connectivity index (χ1v) is 6.78. The van der Waals surface area contributed by atoms with Crippen LogP contribution in [0.1, 0.15) is 34.6 Å². The minimum absolute atomic E-state index is 0.250. The lowest BCUT2D eigenvalue weighted by molar-refractivity contribution is 0.417. The second-order valence-corrected chi connectivity index (χ2v) is 6.40. The molecule has 0 aliphatic carbocycles. The van der Waals surface area contributed by atoms with Gasteiger partial charge in [-0.2, -0.15) is 10.2 Å². The average Bonchev–Trinajstić information content (AvgIpc) is 2.28. The number of thiocarbonyl (C=S) groups is 1. The van der Waals surface area contributed by atoms with Gasteiger partial charge >= 0.3 is 0 Å². The molecule has 0 unspecified atom stereocenters. The molecule has 6 heteroatoms. The summed E-state index contributed by atoms with van der Waals surface area (Å²) < 4.78 is 13.5. The van der Waals surface area contributed by atoms with Crippen molar-refractivity contribution in [2.75, 3.05) is 5.32 Å². The van der Waals surface area contributed by atoms with Crippen LogP contribution in [-0.4, -0.2) is 16.3 Å². The van der Waals surface area contributed by atoms with Crippen molar-refractivity contribution in [2.24, 2.45) is 10.2 Å². The minimum atomic E-state index is -0.664. The quantitative estimate of drug-likeness (QED) is 0.652. The summed E-state index contributed by atoms with van der Waals surface area (Å²) in [5.41, 5.74) is -0.587. The first kappa shape index (κ1) is 16.5. The SMILES string of the molecule is CC(C)(C)/N=N/C(C)(C)NC(=S)Nc1ccccc1F. The van der Waals surface area contributed by atoms with Gasteiger partial charge < -0.3 is 10.6 Å². The predicted molar refractivity (Wildman–Crippen MR) is 84.4 cm³/mol. The van der Waals surface area contributed by atoms with Crippen LogP contribution in [-0.2, 0) is 0 Å². The molecule has 110 valence electrons. The highest BCUT2D eigenvalue weighted by molar-refractivity contribution is 7.80. The summed E-state index contributed by atoms with van der Waals surface area (Å²) in [5, 5.41) is 14.5. The Morgan fingerprint density at radius 1 is 1.10 bits per heavy atom. The van der Waals surface area contributed by atoms with Crippen LogP contribution in [0.4, 0.5) is 10.1 Å². The van der Waals surface area contributed by atoms with Gasteiger partial charge in [0.25, 0.3) is 0 Å². The van der Waals surface area contributed by atoms with E-state index in [1.807, 2.05) is 34.6 Å². The minimum Gasteiger partial charge on any atom is -0.337 e. The molecule has 2 N–H and O–H groups in total. The zero-order chi connectivity index (χ0) is 15.4. The van der Waals surface area contributed by atoms with E-state index in [-0.39, 0.29) is 11.4 Å². The molecular formula is C14H21FN4S. The van der Waals surface area contributed by atoms with E-state index in [1.54, 1.807) is 18.2 Å². The Morgan fingerprint density at radius 3 is 2.25 bits per heavy atom. The van der Waals surface area contributed by atoms with Gasteiger partial charge in [0.1, 0.15) is 11.5 Å². The van der Waals surface area contributed by atoms with Crippen LogP contribution in [0.2, 0.25) is 0 Å². The molecule has 1 rings (SSSR count). The highest BCUT2D eigenvalue weighted by Gasteiger charge is 2.19. The molecule has 0 bridgehead atoms. The Bertz CT molecular complexity index is 506. The first-order valence-electron chi connectivity index (χ1n) is 6.37. The third kappa shape index (κ3) is 6.06. The van der Waals surface area contributed by atoms with Crippen LogP contribution in [0.3, 0.4) is 0 Å². The maximum absolute atomic E-state index is 13.5. The Kier molecular flexibility index (Phi) is 5.16. The molecule has 0 amide bonds. The lowest BCUT2D eigenvalue weighted by atomic mass is 10.1. The molecule has 1 aromatic carbocycles. The van der Waals surface area contributed by atoms with Crippen molar-refractivity contribution in [1.82, 2.24) is 5.32 Å². The fourth-order valence-corrected chi connectivity index (χ4v) is 1.65. The van der Waals surface area contributed by atoms with E-state index >= 15 is 0 Å². The molecule has 0 saturated heterocycles. The van der Waals surface area contributed by atoms with Gasteiger partial charge in [-0.3, -0.25) is 0 Å². The van der Waals surface area contributed by atoms with Gasteiger partial charge in [-0.1, -0.05) is 12.1 Å². The molecule has 20 heavy (non-hydrogen) atoms. The average molecular weight is 296 g/mol. The van der Waals surface area contributed by atoms with Gasteiger partial charge in [0.15, 0.2) is 5.11 Å². The Labute approximate surface area is 124 Å². The normalized spacial score (nSPS) is 12.5. The van der Waals surface area contributed by atoms with Crippen molar-refractivity contribution in [3.63, 3.8) is 0 Å². The highest BCUT2D eigenvalue weighted by Crippen LogP contribution is 2.15. The van der Waals surface area contributed by atoms with Gasteiger partial charge in [-0.25, -0.2) is 4.39 Å². The van der Waals surface area contributed by atoms with Crippen LogP contribution in [0.5, 0.6) is 0 Å². The number of nitrogens with zero attached hydrogens (tertiary/aromatic N) is 2. The van der Waals surface area contributed by atoms with E-state index in [1.165, 1.54) is 6.07 Å². The van der Waals surface area contributed by atoms with Crippen molar-refractivity contribution < 1.29 is 4.39 Å². The molecule has 0 atom stereocenters. The highest BCUT2D eigenvalue weighted by atomic mass is 32.1. The number of hydrogen-bond donors (Lipinski definition) is 2. The number of nitrogens with one attached hydrogen (secondary N) is 2. The molecule has 0 radical (unpaired) electrons. The first-order chi connectivity index (χ1) is 9.09. The summed E-state index contributed by atoms with van der Waals surface area (Å²) >= 11 is 5.16. The van der Waals surface area contributed by atoms with Gasteiger partial charge in [-0.05, 0) is 59.0 Å². The smallest absolute Gasteiger partial charge is 0.172 e. The Hall–Kier alpha value is -1.56. The number of halogens is 1. The number of para-hydroxylation sites is 1. The number of azo groups is 1. The number of hydrogen-bond acceptors (Lipinski definition) is 3. The van der Waals surface area contributed by atoms with E-state index in [4.69, 9.17) is 12.2 Å². The fourth-order valence-electron chi connectivity index (χ4n) is 1.29. The molecule has 0 heterocycles. The van der Waals surface area contributed by atoms with Crippen molar-refractivity contribution in [1.29, 1.82) is 0 Å². The third-order valence-electron chi connectivity index (χ3n) is 2.14. The molecule has 0 fully saturated rings. The summed E-state index contributed by atoms with van der Waals surface area (Å²) in [5.74, 6) is -0.356. The van der Waals surface area contributed by atoms with Gasteiger partial charge in [0.2, 0.25) is 0 Å². The van der Waals surface area contributed by atoms with E-state index in [0.717, 1.165) is 0 Å². The summed E-state index contributed by atoms with van der Waals surface area (Å²) in [6.07, 6.45) is 0. The van der Waals surface area contributed by atoms with Crippen molar-refractivity contribution in [2.45, 2.75) is 45.8 Å². The van der Waals surface area contributed by atoms with E-state index < -0.39 is 5.66 Å².